The Balaban J connectivity index is 2.08. The Hall–Kier alpha value is -1.62. The molecular formula is C18H28FN3O. The van der Waals surface area contributed by atoms with E-state index in [1.165, 1.54) is 0 Å². The molecule has 23 heavy (non-hydrogen) atoms. The molecule has 1 saturated heterocycles. The van der Waals surface area contributed by atoms with Crippen LogP contribution in [0.3, 0.4) is 0 Å². The molecule has 2 N–H and O–H groups in total. The summed E-state index contributed by atoms with van der Waals surface area (Å²) in [5.74, 6) is 1.17. The number of halogens is 1. The number of benzene rings is 1. The molecule has 5 heteroatoms. The van der Waals surface area contributed by atoms with Gasteiger partial charge in [-0.2, -0.15) is 0 Å². The van der Waals surface area contributed by atoms with Crippen LogP contribution in [0.25, 0.3) is 0 Å². The van der Waals surface area contributed by atoms with E-state index in [2.05, 4.69) is 29.5 Å². The van der Waals surface area contributed by atoms with Gasteiger partial charge in [-0.15, -0.1) is 0 Å². The van der Waals surface area contributed by atoms with Crippen molar-refractivity contribution in [2.75, 3.05) is 33.4 Å². The molecule has 0 amide bonds. The van der Waals surface area contributed by atoms with Crippen LogP contribution in [0.5, 0.6) is 0 Å². The zero-order chi connectivity index (χ0) is 16.7. The largest absolute Gasteiger partial charge is 0.381 e. The average molecular weight is 321 g/mol. The minimum Gasteiger partial charge on any atom is -0.381 e. The average Bonchev–Trinajstić information content (AvgIpc) is 2.56. The third-order valence-corrected chi connectivity index (χ3v) is 4.40. The molecule has 0 spiro atoms. The third kappa shape index (κ3) is 4.93. The van der Waals surface area contributed by atoms with E-state index in [4.69, 9.17) is 4.74 Å². The van der Waals surface area contributed by atoms with Crippen molar-refractivity contribution in [1.29, 1.82) is 0 Å². The highest BCUT2D eigenvalue weighted by molar-refractivity contribution is 5.79. The Kier molecular flexibility index (Phi) is 6.39. The first kappa shape index (κ1) is 17.7. The van der Waals surface area contributed by atoms with E-state index < -0.39 is 0 Å². The maximum atomic E-state index is 13.3. The summed E-state index contributed by atoms with van der Waals surface area (Å²) in [6.07, 6.45) is 1.85. The van der Waals surface area contributed by atoms with Crippen molar-refractivity contribution in [2.45, 2.75) is 32.1 Å². The lowest BCUT2D eigenvalue weighted by atomic mass is 9.74. The van der Waals surface area contributed by atoms with Gasteiger partial charge in [-0.25, -0.2) is 4.39 Å². The molecule has 0 aliphatic carbocycles. The van der Waals surface area contributed by atoms with Gasteiger partial charge < -0.3 is 15.4 Å². The summed E-state index contributed by atoms with van der Waals surface area (Å²) >= 11 is 0. The summed E-state index contributed by atoms with van der Waals surface area (Å²) in [6, 6.07) is 6.87. The van der Waals surface area contributed by atoms with E-state index in [0.29, 0.717) is 5.92 Å². The fourth-order valence-electron chi connectivity index (χ4n) is 2.91. The molecular weight excluding hydrogens is 293 g/mol. The molecule has 1 aromatic rings. The Morgan fingerprint density at radius 2 is 1.87 bits per heavy atom. The van der Waals surface area contributed by atoms with Crippen molar-refractivity contribution in [3.8, 4) is 0 Å². The van der Waals surface area contributed by atoms with Crippen molar-refractivity contribution in [1.82, 2.24) is 10.6 Å². The standard InChI is InChI=1S/C18H28FN3O/c1-14(2)12-21-17(20-3)22-13-18(8-10-23-11-9-18)15-4-6-16(19)7-5-15/h4-7,14H,8-13H2,1-3H3,(H2,20,21,22). The van der Waals surface area contributed by atoms with Gasteiger partial charge in [-0.05, 0) is 36.5 Å². The highest BCUT2D eigenvalue weighted by Crippen LogP contribution is 2.34. The molecule has 4 nitrogen and oxygen atoms in total. The maximum Gasteiger partial charge on any atom is 0.191 e. The van der Waals surface area contributed by atoms with E-state index in [-0.39, 0.29) is 11.2 Å². The number of guanidine groups is 1. The summed E-state index contributed by atoms with van der Waals surface area (Å²) in [5.41, 5.74) is 1.12. The lowest BCUT2D eigenvalue weighted by molar-refractivity contribution is 0.0513. The van der Waals surface area contributed by atoms with Gasteiger partial charge in [0.2, 0.25) is 0 Å². The lowest BCUT2D eigenvalue weighted by Gasteiger charge is -2.38. The topological polar surface area (TPSA) is 45.7 Å². The summed E-state index contributed by atoms with van der Waals surface area (Å²) in [7, 11) is 1.78. The number of nitrogens with one attached hydrogen (secondary N) is 2. The molecule has 0 unspecified atom stereocenters. The molecule has 1 aromatic carbocycles. The van der Waals surface area contributed by atoms with E-state index in [1.54, 1.807) is 19.2 Å². The number of hydrogen-bond donors (Lipinski definition) is 2. The third-order valence-electron chi connectivity index (χ3n) is 4.40. The van der Waals surface area contributed by atoms with Crippen molar-refractivity contribution in [3.63, 3.8) is 0 Å². The number of aliphatic imine (C=N–C) groups is 1. The molecule has 0 saturated carbocycles. The van der Waals surface area contributed by atoms with E-state index in [9.17, 15) is 4.39 Å². The monoisotopic (exact) mass is 321 g/mol. The number of nitrogens with zero attached hydrogens (tertiary/aromatic N) is 1. The van der Waals surface area contributed by atoms with E-state index in [0.717, 1.165) is 50.7 Å². The summed E-state index contributed by atoms with van der Waals surface area (Å²) in [6.45, 7) is 7.44. The molecule has 1 fully saturated rings. The van der Waals surface area contributed by atoms with Gasteiger partial charge in [0.25, 0.3) is 0 Å². The zero-order valence-electron chi connectivity index (χ0n) is 14.4. The predicted octanol–water partition coefficient (Wildman–Crippen LogP) is 2.69. The van der Waals surface area contributed by atoms with Crippen molar-refractivity contribution in [2.24, 2.45) is 10.9 Å². The maximum absolute atomic E-state index is 13.3. The second kappa shape index (κ2) is 8.29. The Morgan fingerprint density at radius 3 is 2.43 bits per heavy atom. The molecule has 2 rings (SSSR count). The van der Waals surface area contributed by atoms with Crippen LogP contribution in [-0.4, -0.2) is 39.3 Å². The smallest absolute Gasteiger partial charge is 0.191 e. The molecule has 1 aliphatic rings. The first-order chi connectivity index (χ1) is 11.1. The molecule has 1 heterocycles. The minimum atomic E-state index is -0.196. The van der Waals surface area contributed by atoms with Crippen LogP contribution >= 0.6 is 0 Å². The molecule has 0 aromatic heterocycles. The number of hydrogen-bond acceptors (Lipinski definition) is 2. The van der Waals surface area contributed by atoms with Gasteiger partial charge in [-0.3, -0.25) is 4.99 Å². The van der Waals surface area contributed by atoms with Crippen molar-refractivity contribution >= 4 is 5.96 Å². The van der Waals surface area contributed by atoms with Crippen LogP contribution in [0, 0.1) is 11.7 Å². The van der Waals surface area contributed by atoms with Crippen molar-refractivity contribution in [3.05, 3.63) is 35.6 Å². The highest BCUT2D eigenvalue weighted by atomic mass is 19.1. The lowest BCUT2D eigenvalue weighted by Crippen LogP contribution is -2.48. The van der Waals surface area contributed by atoms with Crippen LogP contribution in [-0.2, 0) is 10.2 Å². The number of rotatable bonds is 5. The van der Waals surface area contributed by atoms with Crippen LogP contribution in [0.4, 0.5) is 4.39 Å². The second-order valence-electron chi connectivity index (χ2n) is 6.60. The van der Waals surface area contributed by atoms with Crippen molar-refractivity contribution < 1.29 is 9.13 Å². The van der Waals surface area contributed by atoms with Crippen LogP contribution in [0.15, 0.2) is 29.3 Å². The fraction of sp³-hybridized carbons (Fsp3) is 0.611. The number of ether oxygens (including phenoxy) is 1. The first-order valence-electron chi connectivity index (χ1n) is 8.34. The first-order valence-corrected chi connectivity index (χ1v) is 8.34. The van der Waals surface area contributed by atoms with Gasteiger partial charge in [0, 0.05) is 38.8 Å². The predicted molar refractivity (Wildman–Crippen MR) is 92.3 cm³/mol. The Bertz CT molecular complexity index is 508. The normalized spacial score (nSPS) is 18.0. The van der Waals surface area contributed by atoms with Crippen LogP contribution in [0.2, 0.25) is 0 Å². The van der Waals surface area contributed by atoms with Crippen LogP contribution in [0.1, 0.15) is 32.3 Å². The van der Waals surface area contributed by atoms with Gasteiger partial charge in [0.15, 0.2) is 5.96 Å². The quantitative estimate of drug-likeness (QED) is 0.647. The molecule has 0 atom stereocenters. The van der Waals surface area contributed by atoms with Gasteiger partial charge in [-0.1, -0.05) is 26.0 Å². The molecule has 0 bridgehead atoms. The van der Waals surface area contributed by atoms with Gasteiger partial charge in [0.1, 0.15) is 5.82 Å². The molecule has 128 valence electrons. The molecule has 0 radical (unpaired) electrons. The van der Waals surface area contributed by atoms with Gasteiger partial charge >= 0.3 is 0 Å². The summed E-state index contributed by atoms with van der Waals surface area (Å²) in [5, 5.41) is 6.77. The van der Waals surface area contributed by atoms with E-state index in [1.807, 2.05) is 12.1 Å². The minimum absolute atomic E-state index is 0.0403. The molecule has 1 aliphatic heterocycles. The van der Waals surface area contributed by atoms with Gasteiger partial charge in [0.05, 0.1) is 0 Å². The SMILES string of the molecule is CN=C(NCC(C)C)NCC1(c2ccc(F)cc2)CCOCC1. The fourth-order valence-corrected chi connectivity index (χ4v) is 2.91. The van der Waals surface area contributed by atoms with E-state index >= 15 is 0 Å². The van der Waals surface area contributed by atoms with Crippen LogP contribution < -0.4 is 10.6 Å². The Morgan fingerprint density at radius 1 is 1.22 bits per heavy atom. The highest BCUT2D eigenvalue weighted by Gasteiger charge is 2.34. The summed E-state index contributed by atoms with van der Waals surface area (Å²) < 4.78 is 18.8. The second-order valence-corrected chi connectivity index (χ2v) is 6.60. The summed E-state index contributed by atoms with van der Waals surface area (Å²) in [4.78, 5) is 4.29. The Labute approximate surface area is 138 Å². The zero-order valence-corrected chi connectivity index (χ0v) is 14.4.